The lowest BCUT2D eigenvalue weighted by Crippen LogP contribution is -2.22. The highest BCUT2D eigenvalue weighted by Crippen LogP contribution is 2.22. The van der Waals surface area contributed by atoms with Gasteiger partial charge in [-0.1, -0.05) is 29.3 Å². The van der Waals surface area contributed by atoms with E-state index in [1.807, 2.05) is 6.07 Å². The molecule has 88 valence electrons. The molecule has 0 amide bonds. The summed E-state index contributed by atoms with van der Waals surface area (Å²) in [7, 11) is 0. The second kappa shape index (κ2) is 4.82. The highest BCUT2D eigenvalue weighted by Gasteiger charge is 2.03. The molecule has 1 aromatic carbocycles. The van der Waals surface area contributed by atoms with E-state index in [-0.39, 0.29) is 11.2 Å². The van der Waals surface area contributed by atoms with Gasteiger partial charge in [-0.25, -0.2) is 0 Å². The van der Waals surface area contributed by atoms with E-state index < -0.39 is 0 Å². The van der Waals surface area contributed by atoms with Gasteiger partial charge in [0, 0.05) is 6.20 Å². The van der Waals surface area contributed by atoms with Crippen LogP contribution in [0.5, 0.6) is 0 Å². The van der Waals surface area contributed by atoms with Crippen LogP contribution in [-0.4, -0.2) is 4.57 Å². The first-order chi connectivity index (χ1) is 8.08. The van der Waals surface area contributed by atoms with E-state index >= 15 is 0 Å². The Morgan fingerprint density at radius 3 is 2.65 bits per heavy atom. The minimum atomic E-state index is -0.210. The van der Waals surface area contributed by atoms with Gasteiger partial charge in [0.2, 0.25) is 0 Å². The van der Waals surface area contributed by atoms with Crippen molar-refractivity contribution in [2.24, 2.45) is 0 Å². The van der Waals surface area contributed by atoms with Gasteiger partial charge in [-0.3, -0.25) is 4.79 Å². The largest absolute Gasteiger partial charge is 0.394 e. The van der Waals surface area contributed by atoms with Crippen LogP contribution in [0.25, 0.3) is 0 Å². The number of benzene rings is 1. The molecule has 0 saturated heterocycles. The predicted octanol–water partition coefficient (Wildman–Crippen LogP) is 2.79. The van der Waals surface area contributed by atoms with Crippen LogP contribution in [0.3, 0.4) is 0 Å². The van der Waals surface area contributed by atoms with Crippen molar-refractivity contribution in [3.05, 3.63) is 62.5 Å². The third-order valence-corrected chi connectivity index (χ3v) is 3.13. The summed E-state index contributed by atoms with van der Waals surface area (Å²) >= 11 is 11.7. The number of halogens is 2. The van der Waals surface area contributed by atoms with Crippen LogP contribution in [0.1, 0.15) is 5.56 Å². The van der Waals surface area contributed by atoms with Crippen LogP contribution in [0.4, 0.5) is 5.69 Å². The van der Waals surface area contributed by atoms with E-state index in [9.17, 15) is 4.79 Å². The van der Waals surface area contributed by atoms with Crippen LogP contribution in [0, 0.1) is 0 Å². The predicted molar refractivity (Wildman–Crippen MR) is 70.7 cm³/mol. The van der Waals surface area contributed by atoms with E-state index in [1.165, 1.54) is 4.57 Å². The first-order valence-electron chi connectivity index (χ1n) is 4.97. The maximum Gasteiger partial charge on any atom is 0.273 e. The molecule has 0 radical (unpaired) electrons. The first kappa shape index (κ1) is 12.0. The van der Waals surface area contributed by atoms with Gasteiger partial charge >= 0.3 is 0 Å². The molecular formula is C12H10Cl2N2O. The molecule has 0 aliphatic rings. The molecule has 0 aliphatic heterocycles. The third kappa shape index (κ3) is 2.62. The highest BCUT2D eigenvalue weighted by molar-refractivity contribution is 6.42. The Bertz CT molecular complexity index is 608. The van der Waals surface area contributed by atoms with Crippen LogP contribution < -0.4 is 11.3 Å². The summed E-state index contributed by atoms with van der Waals surface area (Å²) in [6, 6.07) is 8.57. The topological polar surface area (TPSA) is 48.0 Å². The number of rotatable bonds is 2. The van der Waals surface area contributed by atoms with Crippen molar-refractivity contribution in [3.8, 4) is 0 Å². The molecule has 0 saturated carbocycles. The average Bonchev–Trinajstić information content (AvgIpc) is 2.30. The van der Waals surface area contributed by atoms with E-state index in [1.54, 1.807) is 30.5 Å². The lowest BCUT2D eigenvalue weighted by molar-refractivity contribution is 0.762. The van der Waals surface area contributed by atoms with Gasteiger partial charge < -0.3 is 10.3 Å². The fourth-order valence-electron chi connectivity index (χ4n) is 1.51. The molecule has 0 aliphatic carbocycles. The second-order valence-corrected chi connectivity index (χ2v) is 4.46. The van der Waals surface area contributed by atoms with Gasteiger partial charge in [0.25, 0.3) is 5.56 Å². The van der Waals surface area contributed by atoms with E-state index in [4.69, 9.17) is 28.9 Å². The minimum Gasteiger partial charge on any atom is -0.394 e. The molecule has 0 unspecified atom stereocenters. The normalized spacial score (nSPS) is 10.5. The van der Waals surface area contributed by atoms with Gasteiger partial charge in [-0.2, -0.15) is 0 Å². The average molecular weight is 269 g/mol. The lowest BCUT2D eigenvalue weighted by Gasteiger charge is -2.07. The van der Waals surface area contributed by atoms with Crippen LogP contribution >= 0.6 is 23.2 Å². The minimum absolute atomic E-state index is 0.210. The Labute approximate surface area is 108 Å². The number of hydrogen-bond acceptors (Lipinski definition) is 2. The first-order valence-corrected chi connectivity index (χ1v) is 5.72. The number of aromatic nitrogens is 1. The monoisotopic (exact) mass is 268 g/mol. The van der Waals surface area contributed by atoms with Crippen molar-refractivity contribution in [2.75, 3.05) is 5.73 Å². The second-order valence-electron chi connectivity index (χ2n) is 3.65. The Hall–Kier alpha value is -1.45. The van der Waals surface area contributed by atoms with Crippen molar-refractivity contribution >= 4 is 28.9 Å². The molecule has 0 fully saturated rings. The van der Waals surface area contributed by atoms with E-state index in [2.05, 4.69) is 0 Å². The molecule has 1 aromatic heterocycles. The quantitative estimate of drug-likeness (QED) is 0.911. The zero-order valence-corrected chi connectivity index (χ0v) is 10.4. The van der Waals surface area contributed by atoms with Gasteiger partial charge in [0.05, 0.1) is 22.3 Å². The summed E-state index contributed by atoms with van der Waals surface area (Å²) in [6.45, 7) is 0.417. The summed E-state index contributed by atoms with van der Waals surface area (Å²) in [6.07, 6.45) is 1.68. The summed E-state index contributed by atoms with van der Waals surface area (Å²) in [4.78, 5) is 11.7. The Morgan fingerprint density at radius 1 is 1.18 bits per heavy atom. The van der Waals surface area contributed by atoms with Gasteiger partial charge in [-0.15, -0.1) is 0 Å². The smallest absolute Gasteiger partial charge is 0.273 e. The Balaban J connectivity index is 2.35. The molecule has 0 bridgehead atoms. The molecule has 2 rings (SSSR count). The maximum atomic E-state index is 11.7. The molecule has 0 atom stereocenters. The highest BCUT2D eigenvalue weighted by atomic mass is 35.5. The SMILES string of the molecule is Nc1cccn(Cc2ccc(Cl)c(Cl)c2)c1=O. The number of hydrogen-bond donors (Lipinski definition) is 1. The molecule has 1 heterocycles. The van der Waals surface area contributed by atoms with E-state index in [0.29, 0.717) is 16.6 Å². The fourth-order valence-corrected chi connectivity index (χ4v) is 1.84. The van der Waals surface area contributed by atoms with Crippen molar-refractivity contribution in [3.63, 3.8) is 0 Å². The molecule has 2 aromatic rings. The molecule has 5 heteroatoms. The number of nitrogens with zero attached hydrogens (tertiary/aromatic N) is 1. The van der Waals surface area contributed by atoms with Crippen molar-refractivity contribution in [2.45, 2.75) is 6.54 Å². The zero-order valence-electron chi connectivity index (χ0n) is 8.86. The molecule has 0 spiro atoms. The van der Waals surface area contributed by atoms with Gasteiger partial charge in [0.15, 0.2) is 0 Å². The zero-order chi connectivity index (χ0) is 12.4. The molecular weight excluding hydrogens is 259 g/mol. The summed E-state index contributed by atoms with van der Waals surface area (Å²) < 4.78 is 1.52. The molecule has 17 heavy (non-hydrogen) atoms. The van der Waals surface area contributed by atoms with Gasteiger partial charge in [-0.05, 0) is 29.8 Å². The van der Waals surface area contributed by atoms with Crippen LogP contribution in [0.2, 0.25) is 10.0 Å². The standard InChI is InChI=1S/C12H10Cl2N2O/c13-9-4-3-8(6-10(9)14)7-16-5-1-2-11(15)12(16)17/h1-6H,7,15H2. The summed E-state index contributed by atoms with van der Waals surface area (Å²) in [5, 5.41) is 0.969. The fraction of sp³-hybridized carbons (Fsp3) is 0.0833. The number of nitrogens with two attached hydrogens (primary N) is 1. The number of nitrogen functional groups attached to an aromatic ring is 1. The van der Waals surface area contributed by atoms with Crippen molar-refractivity contribution in [1.29, 1.82) is 0 Å². The molecule has 2 N–H and O–H groups in total. The van der Waals surface area contributed by atoms with Crippen molar-refractivity contribution in [1.82, 2.24) is 4.57 Å². The summed E-state index contributed by atoms with van der Waals surface area (Å²) in [5.74, 6) is 0. The lowest BCUT2D eigenvalue weighted by atomic mass is 10.2. The Morgan fingerprint density at radius 2 is 1.94 bits per heavy atom. The number of pyridine rings is 1. The Kier molecular flexibility index (Phi) is 3.41. The van der Waals surface area contributed by atoms with Crippen molar-refractivity contribution < 1.29 is 0 Å². The van der Waals surface area contributed by atoms with Gasteiger partial charge in [0.1, 0.15) is 0 Å². The van der Waals surface area contributed by atoms with Crippen LogP contribution in [0.15, 0.2) is 41.3 Å². The number of anilines is 1. The third-order valence-electron chi connectivity index (χ3n) is 2.39. The van der Waals surface area contributed by atoms with Crippen LogP contribution in [-0.2, 0) is 6.54 Å². The summed E-state index contributed by atoms with van der Waals surface area (Å²) in [5.41, 5.74) is 6.46. The van der Waals surface area contributed by atoms with E-state index in [0.717, 1.165) is 5.56 Å². The molecule has 3 nitrogen and oxygen atoms in total. The maximum absolute atomic E-state index is 11.7.